The van der Waals surface area contributed by atoms with Crippen LogP contribution in [-0.2, 0) is 20.2 Å². The maximum Gasteiger partial charge on any atom is 0.132 e. The molecule has 0 saturated heterocycles. The van der Waals surface area contributed by atoms with E-state index in [1.165, 1.54) is 0 Å². The smallest absolute Gasteiger partial charge is 0.132 e. The van der Waals surface area contributed by atoms with E-state index in [-0.39, 0.29) is 0 Å². The van der Waals surface area contributed by atoms with Crippen LogP contribution in [0.3, 0.4) is 0 Å². The molecular formula is C16H23N3O2. The van der Waals surface area contributed by atoms with Gasteiger partial charge in [0.25, 0.3) is 0 Å². The van der Waals surface area contributed by atoms with Gasteiger partial charge in [-0.3, -0.25) is 4.68 Å². The van der Waals surface area contributed by atoms with Gasteiger partial charge in [0, 0.05) is 31.4 Å². The topological polar surface area (TPSA) is 48.3 Å². The zero-order valence-electron chi connectivity index (χ0n) is 12.9. The Morgan fingerprint density at radius 2 is 2.10 bits per heavy atom. The van der Waals surface area contributed by atoms with Gasteiger partial charge in [0.15, 0.2) is 0 Å². The third-order valence-corrected chi connectivity index (χ3v) is 3.02. The highest BCUT2D eigenvalue weighted by molar-refractivity contribution is 5.40. The molecule has 21 heavy (non-hydrogen) atoms. The molecule has 1 aromatic heterocycles. The third kappa shape index (κ3) is 4.49. The van der Waals surface area contributed by atoms with Crippen molar-refractivity contribution in [3.63, 3.8) is 0 Å². The van der Waals surface area contributed by atoms with Crippen molar-refractivity contribution in [2.75, 3.05) is 13.7 Å². The van der Waals surface area contributed by atoms with E-state index in [9.17, 15) is 0 Å². The first-order valence-electron chi connectivity index (χ1n) is 7.24. The van der Waals surface area contributed by atoms with Gasteiger partial charge in [0.05, 0.1) is 12.3 Å². The van der Waals surface area contributed by atoms with Crippen molar-refractivity contribution in [1.82, 2.24) is 15.1 Å². The molecule has 1 N–H and O–H groups in total. The first-order valence-corrected chi connectivity index (χ1v) is 7.24. The fourth-order valence-corrected chi connectivity index (χ4v) is 2.01. The summed E-state index contributed by atoms with van der Waals surface area (Å²) in [5.74, 6) is 1.68. The highest BCUT2D eigenvalue weighted by Gasteiger charge is 2.07. The molecule has 0 amide bonds. The van der Waals surface area contributed by atoms with Gasteiger partial charge in [-0.05, 0) is 25.6 Å². The molecule has 0 unspecified atom stereocenters. The highest BCUT2D eigenvalue weighted by Crippen LogP contribution is 2.26. The molecule has 5 nitrogen and oxygen atoms in total. The number of aromatic nitrogens is 2. The average molecular weight is 289 g/mol. The highest BCUT2D eigenvalue weighted by atomic mass is 16.5. The van der Waals surface area contributed by atoms with E-state index in [0.717, 1.165) is 35.7 Å². The molecule has 0 aliphatic carbocycles. The van der Waals surface area contributed by atoms with Crippen molar-refractivity contribution in [3.05, 3.63) is 41.7 Å². The Labute approximate surface area is 125 Å². The largest absolute Gasteiger partial charge is 0.493 e. The fraction of sp³-hybridized carbons (Fsp3) is 0.438. The molecule has 1 aromatic carbocycles. The maximum atomic E-state index is 5.91. The maximum absolute atomic E-state index is 5.91. The van der Waals surface area contributed by atoms with Crippen molar-refractivity contribution in [2.45, 2.75) is 26.5 Å². The minimum absolute atomic E-state index is 0.453. The minimum atomic E-state index is 0.453. The van der Waals surface area contributed by atoms with Gasteiger partial charge in [-0.15, -0.1) is 0 Å². The summed E-state index contributed by atoms with van der Waals surface area (Å²) in [6.07, 6.45) is 2.90. The molecule has 2 aromatic rings. The molecule has 0 radical (unpaired) electrons. The number of aryl methyl sites for hydroxylation is 1. The molecule has 0 saturated carbocycles. The van der Waals surface area contributed by atoms with Gasteiger partial charge in [0.2, 0.25) is 0 Å². The first kappa shape index (κ1) is 15.4. The molecule has 0 spiro atoms. The number of nitrogens with one attached hydrogen (secondary N) is 1. The zero-order chi connectivity index (χ0) is 15.1. The summed E-state index contributed by atoms with van der Waals surface area (Å²) in [4.78, 5) is 0. The molecule has 5 heteroatoms. The Morgan fingerprint density at radius 3 is 2.76 bits per heavy atom. The lowest BCUT2D eigenvalue weighted by Crippen LogP contribution is -2.08. The summed E-state index contributed by atoms with van der Waals surface area (Å²) in [6.45, 7) is 4.01. The monoisotopic (exact) mass is 289 g/mol. The zero-order valence-corrected chi connectivity index (χ0v) is 12.9. The quantitative estimate of drug-likeness (QED) is 0.811. The van der Waals surface area contributed by atoms with Crippen LogP contribution in [0, 0.1) is 0 Å². The first-order chi connectivity index (χ1) is 10.2. The van der Waals surface area contributed by atoms with Crippen LogP contribution in [0.5, 0.6) is 11.5 Å². The normalized spacial score (nSPS) is 10.6. The van der Waals surface area contributed by atoms with Crippen molar-refractivity contribution in [1.29, 1.82) is 0 Å². The molecule has 1 heterocycles. The van der Waals surface area contributed by atoms with Crippen molar-refractivity contribution in [2.24, 2.45) is 7.05 Å². The average Bonchev–Trinajstić information content (AvgIpc) is 2.90. The lowest BCUT2D eigenvalue weighted by atomic mass is 10.2. The van der Waals surface area contributed by atoms with E-state index in [4.69, 9.17) is 9.47 Å². The van der Waals surface area contributed by atoms with Gasteiger partial charge in [-0.1, -0.05) is 13.0 Å². The number of ether oxygens (including phenoxy) is 2. The van der Waals surface area contributed by atoms with Crippen molar-refractivity contribution >= 4 is 0 Å². The Bertz CT molecular complexity index is 566. The molecule has 0 bridgehead atoms. The van der Waals surface area contributed by atoms with Crippen LogP contribution in [0.1, 0.15) is 24.6 Å². The number of nitrogens with zero attached hydrogens (tertiary/aromatic N) is 2. The summed E-state index contributed by atoms with van der Waals surface area (Å²) >= 11 is 0. The van der Waals surface area contributed by atoms with Gasteiger partial charge in [-0.2, -0.15) is 5.10 Å². The van der Waals surface area contributed by atoms with E-state index >= 15 is 0 Å². The minimum Gasteiger partial charge on any atom is -0.493 e. The number of hydrogen-bond acceptors (Lipinski definition) is 4. The van der Waals surface area contributed by atoms with Gasteiger partial charge < -0.3 is 14.8 Å². The van der Waals surface area contributed by atoms with Gasteiger partial charge >= 0.3 is 0 Å². The molecule has 0 aliphatic heterocycles. The third-order valence-electron chi connectivity index (χ3n) is 3.02. The predicted octanol–water partition coefficient (Wildman–Crippen LogP) is 2.51. The van der Waals surface area contributed by atoms with Crippen LogP contribution in [-0.4, -0.2) is 23.4 Å². The summed E-state index contributed by atoms with van der Waals surface area (Å²) < 4.78 is 13.4. The second-order valence-electron chi connectivity index (χ2n) is 4.92. The number of rotatable bonds is 8. The number of benzene rings is 1. The van der Waals surface area contributed by atoms with Gasteiger partial charge in [0.1, 0.15) is 18.1 Å². The fourth-order valence-electron chi connectivity index (χ4n) is 2.01. The Morgan fingerprint density at radius 1 is 1.24 bits per heavy atom. The lowest BCUT2D eigenvalue weighted by molar-refractivity contribution is 0.287. The summed E-state index contributed by atoms with van der Waals surface area (Å²) in [5, 5.41) is 7.47. The van der Waals surface area contributed by atoms with E-state index in [1.54, 1.807) is 4.68 Å². The van der Waals surface area contributed by atoms with E-state index in [2.05, 4.69) is 17.3 Å². The van der Waals surface area contributed by atoms with Crippen LogP contribution in [0.15, 0.2) is 30.5 Å². The number of hydrogen-bond donors (Lipinski definition) is 1. The van der Waals surface area contributed by atoms with Crippen LogP contribution >= 0.6 is 0 Å². The van der Waals surface area contributed by atoms with Crippen LogP contribution < -0.4 is 14.8 Å². The molecule has 0 atom stereocenters. The Hall–Kier alpha value is -2.01. The summed E-state index contributed by atoms with van der Waals surface area (Å²) in [5.41, 5.74) is 2.02. The lowest BCUT2D eigenvalue weighted by Gasteiger charge is -2.13. The predicted molar refractivity (Wildman–Crippen MR) is 82.5 cm³/mol. The summed E-state index contributed by atoms with van der Waals surface area (Å²) in [6, 6.07) is 7.92. The SMILES string of the molecule is CCCOc1ccc(CNC)c(OCc2ccn(C)n2)c1. The van der Waals surface area contributed by atoms with E-state index < -0.39 is 0 Å². The standard InChI is InChI=1S/C16H23N3O2/c1-4-9-20-15-6-5-13(11-17-2)16(10-15)21-12-14-7-8-19(3)18-14/h5-8,10,17H,4,9,11-12H2,1-3H3. The van der Waals surface area contributed by atoms with Crippen LogP contribution in [0.25, 0.3) is 0 Å². The molecule has 0 aliphatic rings. The molecule has 0 fully saturated rings. The second kappa shape index (κ2) is 7.69. The second-order valence-corrected chi connectivity index (χ2v) is 4.92. The van der Waals surface area contributed by atoms with Crippen molar-refractivity contribution < 1.29 is 9.47 Å². The molecular weight excluding hydrogens is 266 g/mol. The van der Waals surface area contributed by atoms with Crippen LogP contribution in [0.4, 0.5) is 0 Å². The van der Waals surface area contributed by atoms with Crippen molar-refractivity contribution in [3.8, 4) is 11.5 Å². The van der Waals surface area contributed by atoms with Gasteiger partial charge in [-0.25, -0.2) is 0 Å². The Kier molecular flexibility index (Phi) is 5.63. The Balaban J connectivity index is 2.09. The molecule has 114 valence electrons. The molecule has 2 rings (SSSR count). The van der Waals surface area contributed by atoms with E-state index in [1.807, 2.05) is 44.6 Å². The summed E-state index contributed by atoms with van der Waals surface area (Å²) in [7, 11) is 3.82. The van der Waals surface area contributed by atoms with E-state index in [0.29, 0.717) is 13.2 Å². The van der Waals surface area contributed by atoms with Crippen LogP contribution in [0.2, 0.25) is 0 Å².